The van der Waals surface area contributed by atoms with Crippen molar-refractivity contribution >= 4 is 40.1 Å². The van der Waals surface area contributed by atoms with Crippen LogP contribution in [0.1, 0.15) is 55.9 Å². The van der Waals surface area contributed by atoms with Gasteiger partial charge in [-0.3, -0.25) is 23.5 Å². The molecule has 11 nitrogen and oxygen atoms in total. The average Bonchev–Trinajstić information content (AvgIpc) is 3.80. The minimum atomic E-state index is -0.418. The first kappa shape index (κ1) is 28.8. The lowest BCUT2D eigenvalue weighted by Gasteiger charge is -2.33. The highest BCUT2D eigenvalue weighted by Gasteiger charge is 2.27. The van der Waals surface area contributed by atoms with E-state index in [9.17, 15) is 24.0 Å². The quantitative estimate of drug-likeness (QED) is 0.354. The fourth-order valence-electron chi connectivity index (χ4n) is 5.40. The monoisotopic (exact) mass is 572 g/mol. The van der Waals surface area contributed by atoms with Crippen molar-refractivity contribution in [1.82, 2.24) is 19.4 Å². The van der Waals surface area contributed by atoms with Crippen molar-refractivity contribution < 1.29 is 14.4 Å². The van der Waals surface area contributed by atoms with Crippen LogP contribution in [0.5, 0.6) is 0 Å². The molecule has 1 aliphatic heterocycles. The van der Waals surface area contributed by atoms with E-state index >= 15 is 0 Å². The first-order valence-electron chi connectivity index (χ1n) is 14.3. The normalized spacial score (nSPS) is 16.7. The van der Waals surface area contributed by atoms with Gasteiger partial charge in [0.15, 0.2) is 0 Å². The number of carbonyl (C=O) groups is 3. The number of urea groups is 1. The highest BCUT2D eigenvalue weighted by atomic mass is 16.2. The highest BCUT2D eigenvalue weighted by molar-refractivity contribution is 6.06. The van der Waals surface area contributed by atoms with Crippen LogP contribution in [0.15, 0.2) is 64.7 Å². The largest absolute Gasteiger partial charge is 0.347 e. The van der Waals surface area contributed by atoms with Crippen LogP contribution in [-0.2, 0) is 11.3 Å². The summed E-state index contributed by atoms with van der Waals surface area (Å²) in [5.74, 6) is -0.419. The summed E-state index contributed by atoms with van der Waals surface area (Å²) in [7, 11) is 0. The number of benzene rings is 2. The first-order valence-corrected chi connectivity index (χ1v) is 14.3. The number of carbonyl (C=O) groups excluding carboxylic acids is 3. The molecular weight excluding hydrogens is 536 g/mol. The summed E-state index contributed by atoms with van der Waals surface area (Å²) in [6.07, 6.45) is 4.54. The summed E-state index contributed by atoms with van der Waals surface area (Å²) < 4.78 is 2.95. The van der Waals surface area contributed by atoms with Gasteiger partial charge in [-0.05, 0) is 81.9 Å². The third-order valence-corrected chi connectivity index (χ3v) is 7.73. The molecule has 5 rings (SSSR count). The molecule has 11 heteroatoms. The zero-order valence-corrected chi connectivity index (χ0v) is 23.9. The summed E-state index contributed by atoms with van der Waals surface area (Å²) in [5, 5.41) is 8.90. The molecule has 220 valence electrons. The number of para-hydroxylation sites is 1. The van der Waals surface area contributed by atoms with Gasteiger partial charge in [0.25, 0.3) is 11.5 Å². The van der Waals surface area contributed by atoms with E-state index in [1.165, 1.54) is 4.57 Å². The van der Waals surface area contributed by atoms with Gasteiger partial charge in [0.05, 0.1) is 22.2 Å². The van der Waals surface area contributed by atoms with Crippen LogP contribution in [0.4, 0.5) is 16.2 Å². The Morgan fingerprint density at radius 3 is 2.52 bits per heavy atom. The zero-order valence-electron chi connectivity index (χ0n) is 23.9. The van der Waals surface area contributed by atoms with Gasteiger partial charge in [-0.25, -0.2) is 9.59 Å². The second-order valence-electron chi connectivity index (χ2n) is 11.3. The molecule has 2 aromatic carbocycles. The lowest BCUT2D eigenvalue weighted by Crippen LogP contribution is -2.50. The van der Waals surface area contributed by atoms with Crippen LogP contribution in [0.2, 0.25) is 0 Å². The number of amides is 4. The molecule has 1 saturated carbocycles. The van der Waals surface area contributed by atoms with E-state index < -0.39 is 5.91 Å². The second-order valence-corrected chi connectivity index (χ2v) is 11.3. The number of likely N-dealkylation sites (tertiary alicyclic amines) is 1. The van der Waals surface area contributed by atoms with Crippen molar-refractivity contribution in [2.75, 3.05) is 23.7 Å². The Bertz CT molecular complexity index is 1670. The molecule has 1 aromatic heterocycles. The molecule has 2 heterocycles. The zero-order chi connectivity index (χ0) is 30.0. The van der Waals surface area contributed by atoms with Gasteiger partial charge < -0.3 is 20.9 Å². The maximum atomic E-state index is 13.3. The van der Waals surface area contributed by atoms with E-state index in [-0.39, 0.29) is 35.3 Å². The Balaban J connectivity index is 1.31. The molecule has 4 amide bonds. The van der Waals surface area contributed by atoms with Crippen molar-refractivity contribution in [3.8, 4) is 0 Å². The Hall–Kier alpha value is -4.67. The Kier molecular flexibility index (Phi) is 8.28. The number of anilines is 2. The van der Waals surface area contributed by atoms with Crippen molar-refractivity contribution in [2.45, 2.75) is 58.2 Å². The van der Waals surface area contributed by atoms with Crippen LogP contribution >= 0.6 is 0 Å². The van der Waals surface area contributed by atoms with E-state index in [0.29, 0.717) is 66.2 Å². The summed E-state index contributed by atoms with van der Waals surface area (Å²) >= 11 is 0. The molecule has 2 fully saturated rings. The molecule has 1 saturated heterocycles. The third-order valence-electron chi connectivity index (χ3n) is 7.73. The van der Waals surface area contributed by atoms with Gasteiger partial charge in [0.2, 0.25) is 5.91 Å². The van der Waals surface area contributed by atoms with Crippen molar-refractivity contribution in [1.29, 1.82) is 0 Å². The van der Waals surface area contributed by atoms with E-state index in [4.69, 9.17) is 0 Å². The molecule has 2 aliphatic rings. The summed E-state index contributed by atoms with van der Waals surface area (Å²) in [6.45, 7) is 8.47. The maximum Gasteiger partial charge on any atom is 0.331 e. The number of piperidine rings is 1. The molecular formula is C31H36N6O5. The minimum absolute atomic E-state index is 0.141. The van der Waals surface area contributed by atoms with Crippen LogP contribution in [0.3, 0.4) is 0 Å². The molecule has 1 aliphatic carbocycles. The topological polar surface area (TPSA) is 135 Å². The third kappa shape index (κ3) is 6.14. The van der Waals surface area contributed by atoms with E-state index in [2.05, 4.69) is 22.5 Å². The number of hydrogen-bond donors (Lipinski definition) is 3. The number of aromatic nitrogens is 2. The van der Waals surface area contributed by atoms with Gasteiger partial charge >= 0.3 is 11.7 Å². The fraction of sp³-hybridized carbons (Fsp3) is 0.387. The predicted octanol–water partition coefficient (Wildman–Crippen LogP) is 3.70. The van der Waals surface area contributed by atoms with Crippen LogP contribution < -0.4 is 27.2 Å². The second kappa shape index (κ2) is 12.1. The molecule has 1 atom stereocenters. The van der Waals surface area contributed by atoms with Gasteiger partial charge in [-0.15, -0.1) is 0 Å². The van der Waals surface area contributed by atoms with Crippen LogP contribution in [0.25, 0.3) is 10.9 Å². The number of nitrogens with one attached hydrogen (secondary N) is 3. The predicted molar refractivity (Wildman–Crippen MR) is 162 cm³/mol. The number of nitrogens with zero attached hydrogens (tertiary/aromatic N) is 3. The molecule has 0 unspecified atom stereocenters. The summed E-state index contributed by atoms with van der Waals surface area (Å²) in [6, 6.07) is 11.0. The average molecular weight is 573 g/mol. The Labute approximate surface area is 243 Å². The minimum Gasteiger partial charge on any atom is -0.347 e. The molecule has 3 aromatic rings. The molecule has 0 bridgehead atoms. The SMILES string of the molecule is C=CC(=O)Nc1ccccc1C(=O)N[C@@H]1CCCN(C(=O)Nc2ccc3c(c2)c(=O)n(CC2CC2)c(=O)n3C(C)C)C1. The first-order chi connectivity index (χ1) is 20.2. The van der Waals surface area contributed by atoms with Gasteiger partial charge in [0.1, 0.15) is 0 Å². The van der Waals surface area contributed by atoms with E-state index in [1.54, 1.807) is 51.9 Å². The van der Waals surface area contributed by atoms with Gasteiger partial charge in [0, 0.05) is 37.4 Å². The molecule has 0 radical (unpaired) electrons. The smallest absolute Gasteiger partial charge is 0.331 e. The van der Waals surface area contributed by atoms with Crippen molar-refractivity contribution in [3.05, 3.63) is 81.5 Å². The maximum absolute atomic E-state index is 13.3. The van der Waals surface area contributed by atoms with Crippen molar-refractivity contribution in [2.24, 2.45) is 5.92 Å². The van der Waals surface area contributed by atoms with E-state index in [0.717, 1.165) is 18.9 Å². The van der Waals surface area contributed by atoms with Crippen LogP contribution in [0, 0.1) is 5.92 Å². The highest BCUT2D eigenvalue weighted by Crippen LogP contribution is 2.30. The summed E-state index contributed by atoms with van der Waals surface area (Å²) in [4.78, 5) is 66.2. The molecule has 3 N–H and O–H groups in total. The molecule has 42 heavy (non-hydrogen) atoms. The lowest BCUT2D eigenvalue weighted by molar-refractivity contribution is -0.111. The number of hydrogen-bond acceptors (Lipinski definition) is 5. The Morgan fingerprint density at radius 1 is 1.05 bits per heavy atom. The summed E-state index contributed by atoms with van der Waals surface area (Å²) in [5.41, 5.74) is 1.03. The standard InChI is InChI=1S/C31H36N6O5/c1-4-27(38)34-25-10-6-5-9-23(25)28(39)32-22-8-7-15-35(18-22)30(41)33-21-13-14-26-24(16-21)29(40)36(17-20-11-12-20)31(42)37(26)19(2)3/h4-6,9-10,13-14,16,19-20,22H,1,7-8,11-12,15,17-18H2,2-3H3,(H,32,39)(H,33,41)(H,34,38)/t22-/m1/s1. The fourth-order valence-corrected chi connectivity index (χ4v) is 5.40. The number of fused-ring (bicyclic) bond motifs is 1. The van der Waals surface area contributed by atoms with Gasteiger partial charge in [-0.1, -0.05) is 18.7 Å². The Morgan fingerprint density at radius 2 is 1.81 bits per heavy atom. The van der Waals surface area contributed by atoms with Gasteiger partial charge in [-0.2, -0.15) is 0 Å². The lowest BCUT2D eigenvalue weighted by atomic mass is 10.0. The van der Waals surface area contributed by atoms with Crippen molar-refractivity contribution in [3.63, 3.8) is 0 Å². The van der Waals surface area contributed by atoms with Crippen LogP contribution in [-0.4, -0.2) is 51.0 Å². The van der Waals surface area contributed by atoms with E-state index in [1.807, 2.05) is 13.8 Å². The number of rotatable bonds is 8. The molecule has 0 spiro atoms.